The van der Waals surface area contributed by atoms with Crippen LogP contribution < -0.4 is 0 Å². The third-order valence-electron chi connectivity index (χ3n) is 3.79. The Morgan fingerprint density at radius 2 is 1.79 bits per heavy atom. The van der Waals surface area contributed by atoms with E-state index in [0.717, 1.165) is 13.1 Å². The molecule has 1 N–H and O–H groups in total. The van der Waals surface area contributed by atoms with Crippen molar-refractivity contribution in [2.45, 2.75) is 63.9 Å². The molecule has 3 unspecified atom stereocenters. The number of ether oxygens (including phenoxy) is 2. The molecular formula is C14H28ClNO3. The van der Waals surface area contributed by atoms with E-state index >= 15 is 0 Å². The Bertz CT molecular complexity index is 239. The second kappa shape index (κ2) is 8.42. The number of hydrogen-bond acceptors (Lipinski definition) is 4. The van der Waals surface area contributed by atoms with Gasteiger partial charge < -0.3 is 14.6 Å². The largest absolute Gasteiger partial charge is 0.389 e. The Labute approximate surface area is 122 Å². The molecule has 0 spiro atoms. The van der Waals surface area contributed by atoms with Gasteiger partial charge in [-0.15, -0.1) is 12.4 Å². The first-order valence-corrected chi connectivity index (χ1v) is 7.31. The second-order valence-electron chi connectivity index (χ2n) is 5.87. The summed E-state index contributed by atoms with van der Waals surface area (Å²) in [7, 11) is 0. The highest BCUT2D eigenvalue weighted by Crippen LogP contribution is 2.21. The van der Waals surface area contributed by atoms with E-state index in [-0.39, 0.29) is 30.7 Å². The predicted octanol–water partition coefficient (Wildman–Crippen LogP) is 1.84. The van der Waals surface area contributed by atoms with E-state index in [1.165, 1.54) is 25.7 Å². The zero-order chi connectivity index (χ0) is 13.0. The number of hydrogen-bond donors (Lipinski definition) is 1. The van der Waals surface area contributed by atoms with Gasteiger partial charge in [0.2, 0.25) is 0 Å². The quantitative estimate of drug-likeness (QED) is 0.840. The Balaban J connectivity index is 0.00000180. The lowest BCUT2D eigenvalue weighted by Gasteiger charge is -2.36. The predicted molar refractivity (Wildman–Crippen MR) is 77.9 cm³/mol. The number of halogens is 1. The summed E-state index contributed by atoms with van der Waals surface area (Å²) in [4.78, 5) is 2.28. The van der Waals surface area contributed by atoms with E-state index in [1.54, 1.807) is 0 Å². The fraction of sp³-hybridized carbons (Fsp3) is 1.00. The van der Waals surface area contributed by atoms with Crippen LogP contribution in [0.2, 0.25) is 0 Å². The molecule has 1 aliphatic heterocycles. The minimum atomic E-state index is -0.372. The molecule has 0 aromatic carbocycles. The SMILES string of the molecule is CC1CN(CC(O)COC2CCCC2)CC(C)O1.Cl. The first kappa shape index (κ1) is 17.2. The van der Waals surface area contributed by atoms with Crippen LogP contribution in [0.5, 0.6) is 0 Å². The van der Waals surface area contributed by atoms with E-state index in [9.17, 15) is 5.11 Å². The van der Waals surface area contributed by atoms with Crippen molar-refractivity contribution in [1.29, 1.82) is 0 Å². The fourth-order valence-corrected chi connectivity index (χ4v) is 3.09. The van der Waals surface area contributed by atoms with Crippen molar-refractivity contribution < 1.29 is 14.6 Å². The maximum absolute atomic E-state index is 10.0. The van der Waals surface area contributed by atoms with Crippen LogP contribution in [-0.2, 0) is 9.47 Å². The summed E-state index contributed by atoms with van der Waals surface area (Å²) >= 11 is 0. The molecule has 4 nitrogen and oxygen atoms in total. The summed E-state index contributed by atoms with van der Waals surface area (Å²) in [5, 5.41) is 10.0. The zero-order valence-electron chi connectivity index (χ0n) is 12.1. The number of β-amino-alcohol motifs (C(OH)–C–C–N with tert-alkyl or cyclic N) is 1. The van der Waals surface area contributed by atoms with E-state index < -0.39 is 0 Å². The molecule has 2 fully saturated rings. The van der Waals surface area contributed by atoms with Gasteiger partial charge in [0.1, 0.15) is 0 Å². The van der Waals surface area contributed by atoms with Crippen LogP contribution in [0.4, 0.5) is 0 Å². The van der Waals surface area contributed by atoms with Crippen LogP contribution >= 0.6 is 12.4 Å². The van der Waals surface area contributed by atoms with E-state index in [4.69, 9.17) is 9.47 Å². The van der Waals surface area contributed by atoms with Crippen LogP contribution in [0.1, 0.15) is 39.5 Å². The van der Waals surface area contributed by atoms with Crippen molar-refractivity contribution in [3.63, 3.8) is 0 Å². The van der Waals surface area contributed by atoms with Crippen LogP contribution in [-0.4, -0.2) is 60.7 Å². The van der Waals surface area contributed by atoms with Crippen molar-refractivity contribution in [2.75, 3.05) is 26.2 Å². The monoisotopic (exact) mass is 293 g/mol. The van der Waals surface area contributed by atoms with E-state index in [1.807, 2.05) is 0 Å². The molecule has 0 aromatic rings. The molecule has 2 rings (SSSR count). The lowest BCUT2D eigenvalue weighted by molar-refractivity contribution is -0.0854. The van der Waals surface area contributed by atoms with Crippen LogP contribution in [0.3, 0.4) is 0 Å². The molecule has 1 heterocycles. The Morgan fingerprint density at radius 1 is 1.21 bits per heavy atom. The summed E-state index contributed by atoms with van der Waals surface area (Å²) in [6, 6.07) is 0. The molecule has 3 atom stereocenters. The maximum Gasteiger partial charge on any atom is 0.0900 e. The summed E-state index contributed by atoms with van der Waals surface area (Å²) < 4.78 is 11.4. The first-order chi connectivity index (χ1) is 8.63. The van der Waals surface area contributed by atoms with Gasteiger partial charge in [-0.25, -0.2) is 0 Å². The van der Waals surface area contributed by atoms with Gasteiger partial charge in [0.15, 0.2) is 0 Å². The summed E-state index contributed by atoms with van der Waals surface area (Å²) in [6.07, 6.45) is 5.42. The second-order valence-corrected chi connectivity index (χ2v) is 5.87. The number of nitrogens with zero attached hydrogens (tertiary/aromatic N) is 1. The molecular weight excluding hydrogens is 266 g/mol. The molecule has 0 bridgehead atoms. The standard InChI is InChI=1S/C14H27NO3.ClH/c1-11-7-15(8-12(2)18-11)9-13(16)10-17-14-5-3-4-6-14;/h11-14,16H,3-10H2,1-2H3;1H. The number of rotatable bonds is 5. The van der Waals surface area contributed by atoms with E-state index in [0.29, 0.717) is 19.3 Å². The third-order valence-corrected chi connectivity index (χ3v) is 3.79. The Kier molecular flexibility index (Phi) is 7.62. The van der Waals surface area contributed by atoms with Gasteiger partial charge >= 0.3 is 0 Å². The highest BCUT2D eigenvalue weighted by Gasteiger charge is 2.24. The number of aliphatic hydroxyl groups excluding tert-OH is 1. The molecule has 0 radical (unpaired) electrons. The fourth-order valence-electron chi connectivity index (χ4n) is 3.09. The van der Waals surface area contributed by atoms with Gasteiger partial charge in [-0.05, 0) is 26.7 Å². The molecule has 1 saturated carbocycles. The highest BCUT2D eigenvalue weighted by atomic mass is 35.5. The minimum Gasteiger partial charge on any atom is -0.389 e. The topological polar surface area (TPSA) is 41.9 Å². The first-order valence-electron chi connectivity index (χ1n) is 7.31. The number of aliphatic hydroxyl groups is 1. The highest BCUT2D eigenvalue weighted by molar-refractivity contribution is 5.85. The molecule has 2 aliphatic rings. The van der Waals surface area contributed by atoms with Crippen molar-refractivity contribution >= 4 is 12.4 Å². The molecule has 5 heteroatoms. The molecule has 0 amide bonds. The summed E-state index contributed by atoms with van der Waals surface area (Å²) in [5.74, 6) is 0. The van der Waals surface area contributed by atoms with Gasteiger partial charge in [0.05, 0.1) is 31.0 Å². The van der Waals surface area contributed by atoms with Crippen molar-refractivity contribution in [3.8, 4) is 0 Å². The van der Waals surface area contributed by atoms with Gasteiger partial charge in [0, 0.05) is 19.6 Å². The summed E-state index contributed by atoms with van der Waals surface area (Å²) in [6.45, 7) is 7.17. The smallest absolute Gasteiger partial charge is 0.0900 e. The number of morpholine rings is 1. The van der Waals surface area contributed by atoms with Gasteiger partial charge in [-0.3, -0.25) is 4.90 Å². The third kappa shape index (κ3) is 5.96. The van der Waals surface area contributed by atoms with Crippen molar-refractivity contribution in [2.24, 2.45) is 0 Å². The maximum atomic E-state index is 10.0. The Hall–Kier alpha value is 0.130. The van der Waals surface area contributed by atoms with Gasteiger partial charge in [0.25, 0.3) is 0 Å². The molecule has 1 saturated heterocycles. The zero-order valence-corrected chi connectivity index (χ0v) is 12.9. The molecule has 114 valence electrons. The van der Waals surface area contributed by atoms with Crippen LogP contribution in [0.15, 0.2) is 0 Å². The molecule has 19 heavy (non-hydrogen) atoms. The van der Waals surface area contributed by atoms with Gasteiger partial charge in [-0.2, -0.15) is 0 Å². The van der Waals surface area contributed by atoms with Gasteiger partial charge in [-0.1, -0.05) is 12.8 Å². The summed E-state index contributed by atoms with van der Waals surface area (Å²) in [5.41, 5.74) is 0. The van der Waals surface area contributed by atoms with E-state index in [2.05, 4.69) is 18.7 Å². The lowest BCUT2D eigenvalue weighted by atomic mass is 10.2. The van der Waals surface area contributed by atoms with Crippen LogP contribution in [0.25, 0.3) is 0 Å². The molecule has 0 aromatic heterocycles. The average Bonchev–Trinajstić information content (AvgIpc) is 2.77. The minimum absolute atomic E-state index is 0. The van der Waals surface area contributed by atoms with Crippen molar-refractivity contribution in [3.05, 3.63) is 0 Å². The Morgan fingerprint density at radius 3 is 2.37 bits per heavy atom. The molecule has 1 aliphatic carbocycles. The van der Waals surface area contributed by atoms with Crippen LogP contribution in [0, 0.1) is 0 Å². The normalized spacial score (nSPS) is 31.1. The van der Waals surface area contributed by atoms with Crippen molar-refractivity contribution in [1.82, 2.24) is 4.90 Å². The average molecular weight is 294 g/mol. The lowest BCUT2D eigenvalue weighted by Crippen LogP contribution is -2.48.